The number of piperidine rings is 1. The Kier molecular flexibility index (Phi) is 2.95. The molecule has 3 rings (SSSR count). The molecule has 1 aromatic heterocycles. The third-order valence-corrected chi connectivity index (χ3v) is 3.94. The second kappa shape index (κ2) is 4.48. The number of hydrogen-bond acceptors (Lipinski definition) is 2. The van der Waals surface area contributed by atoms with Crippen LogP contribution in [0.3, 0.4) is 0 Å². The third kappa shape index (κ3) is 1.97. The van der Waals surface area contributed by atoms with Gasteiger partial charge in [-0.1, -0.05) is 0 Å². The lowest BCUT2D eigenvalue weighted by molar-refractivity contribution is 0.214. The van der Waals surface area contributed by atoms with Gasteiger partial charge < -0.3 is 14.5 Å². The maximum atomic E-state index is 13.4. The Morgan fingerprint density at radius 3 is 3.06 bits per heavy atom. The first-order valence-corrected chi connectivity index (χ1v) is 6.64. The Morgan fingerprint density at radius 1 is 1.44 bits per heavy atom. The van der Waals surface area contributed by atoms with E-state index >= 15 is 0 Å². The zero-order chi connectivity index (χ0) is 12.7. The average Bonchev–Trinajstić information content (AvgIpc) is 2.64. The lowest BCUT2D eigenvalue weighted by Gasteiger charge is -2.30. The van der Waals surface area contributed by atoms with Crippen LogP contribution in [-0.2, 0) is 0 Å². The van der Waals surface area contributed by atoms with Crippen molar-refractivity contribution >= 4 is 23.3 Å². The number of nitrogens with one attached hydrogen (secondary N) is 1. The molecule has 0 saturated carbocycles. The van der Waals surface area contributed by atoms with Crippen LogP contribution in [0.25, 0.3) is 11.0 Å². The number of aromatic amines is 1. The number of halogens is 1. The summed E-state index contributed by atoms with van der Waals surface area (Å²) < 4.78 is 16.2. The smallest absolute Gasteiger partial charge is 0.178 e. The van der Waals surface area contributed by atoms with Crippen molar-refractivity contribution in [1.29, 1.82) is 0 Å². The van der Waals surface area contributed by atoms with Crippen LogP contribution in [0.5, 0.6) is 0 Å². The zero-order valence-electron chi connectivity index (χ0n) is 10.3. The van der Waals surface area contributed by atoms with E-state index in [2.05, 4.69) is 21.5 Å². The Hall–Kier alpha value is -1.20. The topological polar surface area (TPSA) is 24.0 Å². The summed E-state index contributed by atoms with van der Waals surface area (Å²) >= 11 is 5.38. The molecule has 1 aliphatic heterocycles. The zero-order valence-corrected chi connectivity index (χ0v) is 11.1. The first-order valence-electron chi connectivity index (χ1n) is 6.23. The Labute approximate surface area is 110 Å². The summed E-state index contributed by atoms with van der Waals surface area (Å²) in [6.45, 7) is 2.10. The highest BCUT2D eigenvalue weighted by Crippen LogP contribution is 2.26. The molecular weight excluding hydrogens is 249 g/mol. The Morgan fingerprint density at radius 2 is 2.28 bits per heavy atom. The lowest BCUT2D eigenvalue weighted by atomic mass is 10.1. The van der Waals surface area contributed by atoms with Gasteiger partial charge in [0.15, 0.2) is 4.77 Å². The number of aromatic nitrogens is 2. The van der Waals surface area contributed by atoms with E-state index in [1.165, 1.54) is 6.07 Å². The monoisotopic (exact) mass is 265 g/mol. The number of hydrogen-bond donors (Lipinski definition) is 1. The molecule has 3 nitrogen and oxygen atoms in total. The minimum absolute atomic E-state index is 0.214. The largest absolute Gasteiger partial charge is 0.331 e. The first-order chi connectivity index (χ1) is 8.65. The molecule has 0 aliphatic carbocycles. The molecule has 0 bridgehead atoms. The summed E-state index contributed by atoms with van der Waals surface area (Å²) in [5.41, 5.74) is 1.79. The number of nitrogens with zero attached hydrogens (tertiary/aromatic N) is 2. The van der Waals surface area contributed by atoms with Crippen molar-refractivity contribution in [2.45, 2.75) is 18.9 Å². The van der Waals surface area contributed by atoms with Gasteiger partial charge in [-0.05, 0) is 56.9 Å². The van der Waals surface area contributed by atoms with E-state index < -0.39 is 0 Å². The van der Waals surface area contributed by atoms with Crippen LogP contribution in [-0.4, -0.2) is 34.6 Å². The number of fused-ring (bicyclic) bond motifs is 1. The lowest BCUT2D eigenvalue weighted by Crippen LogP contribution is -2.33. The van der Waals surface area contributed by atoms with Crippen molar-refractivity contribution in [3.63, 3.8) is 0 Å². The van der Waals surface area contributed by atoms with E-state index in [0.29, 0.717) is 10.8 Å². The standard InChI is InChI=1S/C13H16FN3S/c1-16-6-2-3-10(8-16)17-12-7-9(14)4-5-11(12)15-13(17)18/h4-5,7,10H,2-3,6,8H2,1H3,(H,15,18). The number of imidazole rings is 1. The minimum atomic E-state index is -0.214. The van der Waals surface area contributed by atoms with Crippen molar-refractivity contribution in [2.75, 3.05) is 20.1 Å². The molecule has 1 saturated heterocycles. The van der Waals surface area contributed by atoms with Gasteiger partial charge in [0.25, 0.3) is 0 Å². The summed E-state index contributed by atoms with van der Waals surface area (Å²) in [7, 11) is 2.12. The van der Waals surface area contributed by atoms with Crippen molar-refractivity contribution in [3.05, 3.63) is 28.8 Å². The molecule has 2 aromatic rings. The first kappa shape index (κ1) is 11.9. The van der Waals surface area contributed by atoms with Crippen LogP contribution in [0.15, 0.2) is 18.2 Å². The number of benzene rings is 1. The molecule has 0 spiro atoms. The van der Waals surface area contributed by atoms with E-state index in [4.69, 9.17) is 12.2 Å². The summed E-state index contributed by atoms with van der Waals surface area (Å²) in [5, 5.41) is 0. The Bertz CT molecular complexity index is 631. The van der Waals surface area contributed by atoms with Gasteiger partial charge in [-0.2, -0.15) is 0 Å². The van der Waals surface area contributed by atoms with E-state index in [1.807, 2.05) is 0 Å². The second-order valence-corrected chi connectivity index (χ2v) is 5.41. The van der Waals surface area contributed by atoms with Crippen LogP contribution in [0, 0.1) is 10.6 Å². The molecular formula is C13H16FN3S. The number of likely N-dealkylation sites (N-methyl/N-ethyl adjacent to an activating group) is 1. The highest BCUT2D eigenvalue weighted by molar-refractivity contribution is 7.71. The fourth-order valence-corrected chi connectivity index (χ4v) is 3.16. The summed E-state index contributed by atoms with van der Waals surface area (Å²) in [6, 6.07) is 5.12. The fourth-order valence-electron chi connectivity index (χ4n) is 2.81. The molecule has 18 heavy (non-hydrogen) atoms. The number of rotatable bonds is 1. The van der Waals surface area contributed by atoms with E-state index in [0.717, 1.165) is 37.0 Å². The predicted octanol–water partition coefficient (Wildman–Crippen LogP) is 3.10. The van der Waals surface area contributed by atoms with Gasteiger partial charge in [-0.15, -0.1) is 0 Å². The number of likely N-dealkylation sites (tertiary alicyclic amines) is 1. The van der Waals surface area contributed by atoms with Crippen LogP contribution in [0.2, 0.25) is 0 Å². The molecule has 1 aromatic carbocycles. The van der Waals surface area contributed by atoms with Gasteiger partial charge in [0.1, 0.15) is 5.82 Å². The van der Waals surface area contributed by atoms with Gasteiger partial charge in [-0.25, -0.2) is 4.39 Å². The van der Waals surface area contributed by atoms with Crippen molar-refractivity contribution in [2.24, 2.45) is 0 Å². The SMILES string of the molecule is CN1CCCC(n2c(=S)[nH]c3ccc(F)cc32)C1. The third-order valence-electron chi connectivity index (χ3n) is 3.64. The molecule has 1 N–H and O–H groups in total. The average molecular weight is 265 g/mol. The van der Waals surface area contributed by atoms with E-state index in [-0.39, 0.29) is 5.82 Å². The van der Waals surface area contributed by atoms with Gasteiger partial charge in [0.2, 0.25) is 0 Å². The van der Waals surface area contributed by atoms with Crippen LogP contribution < -0.4 is 0 Å². The number of H-pyrrole nitrogens is 1. The fraction of sp³-hybridized carbons (Fsp3) is 0.462. The molecule has 1 fully saturated rings. The second-order valence-electron chi connectivity index (χ2n) is 5.02. The van der Waals surface area contributed by atoms with Crippen LogP contribution >= 0.6 is 12.2 Å². The van der Waals surface area contributed by atoms with E-state index in [1.54, 1.807) is 12.1 Å². The molecule has 96 valence electrons. The highest BCUT2D eigenvalue weighted by Gasteiger charge is 2.21. The summed E-state index contributed by atoms with van der Waals surface area (Å²) in [6.07, 6.45) is 2.26. The molecule has 1 unspecified atom stereocenters. The van der Waals surface area contributed by atoms with Crippen LogP contribution in [0.1, 0.15) is 18.9 Å². The van der Waals surface area contributed by atoms with Crippen molar-refractivity contribution in [1.82, 2.24) is 14.5 Å². The minimum Gasteiger partial charge on any atom is -0.331 e. The molecule has 1 aliphatic rings. The maximum absolute atomic E-state index is 13.4. The van der Waals surface area contributed by atoms with Gasteiger partial charge in [0, 0.05) is 12.6 Å². The molecule has 0 amide bonds. The summed E-state index contributed by atoms with van der Waals surface area (Å²) in [5.74, 6) is -0.214. The van der Waals surface area contributed by atoms with Crippen LogP contribution in [0.4, 0.5) is 4.39 Å². The molecule has 0 radical (unpaired) electrons. The summed E-state index contributed by atoms with van der Waals surface area (Å²) in [4.78, 5) is 5.46. The maximum Gasteiger partial charge on any atom is 0.178 e. The van der Waals surface area contributed by atoms with Gasteiger partial charge >= 0.3 is 0 Å². The molecule has 5 heteroatoms. The van der Waals surface area contributed by atoms with Gasteiger partial charge in [-0.3, -0.25) is 0 Å². The van der Waals surface area contributed by atoms with E-state index in [9.17, 15) is 4.39 Å². The normalized spacial score (nSPS) is 21.6. The molecule has 2 heterocycles. The predicted molar refractivity (Wildman–Crippen MR) is 72.8 cm³/mol. The Balaban J connectivity index is 2.12. The van der Waals surface area contributed by atoms with Crippen molar-refractivity contribution in [3.8, 4) is 0 Å². The quantitative estimate of drug-likeness (QED) is 0.801. The highest BCUT2D eigenvalue weighted by atomic mass is 32.1. The van der Waals surface area contributed by atoms with Crippen molar-refractivity contribution < 1.29 is 4.39 Å². The molecule has 1 atom stereocenters. The van der Waals surface area contributed by atoms with Gasteiger partial charge in [0.05, 0.1) is 11.0 Å².